The van der Waals surface area contributed by atoms with Crippen molar-refractivity contribution in [3.05, 3.63) is 53.6 Å². The number of rotatable bonds is 3. The van der Waals surface area contributed by atoms with Crippen LogP contribution in [-0.2, 0) is 6.18 Å². The molecule has 0 radical (unpaired) electrons. The molecule has 5 nitrogen and oxygen atoms in total. The van der Waals surface area contributed by atoms with E-state index in [0.717, 1.165) is 36.2 Å². The highest BCUT2D eigenvalue weighted by molar-refractivity contribution is 5.95. The number of hydrogen-bond donors (Lipinski definition) is 1. The molecule has 1 saturated carbocycles. The first-order valence-electron chi connectivity index (χ1n) is 7.99. The van der Waals surface area contributed by atoms with Crippen molar-refractivity contribution in [3.63, 3.8) is 0 Å². The summed E-state index contributed by atoms with van der Waals surface area (Å²) in [7, 11) is 0. The first kappa shape index (κ1) is 15.9. The lowest BCUT2D eigenvalue weighted by molar-refractivity contribution is -0.141. The van der Waals surface area contributed by atoms with E-state index in [9.17, 15) is 18.0 Å². The number of nitrogens with one attached hydrogen (secondary N) is 1. The minimum atomic E-state index is -4.56. The van der Waals surface area contributed by atoms with Gasteiger partial charge in [0.1, 0.15) is 5.69 Å². The predicted octanol–water partition coefficient (Wildman–Crippen LogP) is 3.64. The second kappa shape index (κ2) is 5.72. The van der Waals surface area contributed by atoms with Gasteiger partial charge in [0.2, 0.25) is 0 Å². The van der Waals surface area contributed by atoms with Gasteiger partial charge in [0.05, 0.1) is 6.04 Å². The number of carbonyl (C=O) groups excluding carboxylic acids is 1. The summed E-state index contributed by atoms with van der Waals surface area (Å²) in [4.78, 5) is 21.2. The van der Waals surface area contributed by atoms with E-state index in [-0.39, 0.29) is 11.7 Å². The molecular weight excluding hydrogens is 333 g/mol. The molecule has 4 rings (SSSR count). The van der Waals surface area contributed by atoms with Crippen molar-refractivity contribution in [2.75, 3.05) is 11.4 Å². The minimum Gasteiger partial charge on any atom is -0.335 e. The lowest BCUT2D eigenvalue weighted by atomic mass is 9.99. The third-order valence-corrected chi connectivity index (χ3v) is 4.55. The second-order valence-corrected chi connectivity index (χ2v) is 6.25. The molecule has 130 valence electrons. The largest absolute Gasteiger partial charge is 0.433 e. The average Bonchev–Trinajstić information content (AvgIpc) is 3.36. The van der Waals surface area contributed by atoms with Gasteiger partial charge in [0.15, 0.2) is 0 Å². The maximum atomic E-state index is 13.0. The molecule has 1 atom stereocenters. The second-order valence-electron chi connectivity index (χ2n) is 6.25. The predicted molar refractivity (Wildman–Crippen MR) is 84.1 cm³/mol. The van der Waals surface area contributed by atoms with Crippen molar-refractivity contribution in [1.82, 2.24) is 15.3 Å². The third-order valence-electron chi connectivity index (χ3n) is 4.55. The zero-order valence-electron chi connectivity index (χ0n) is 13.1. The van der Waals surface area contributed by atoms with E-state index in [4.69, 9.17) is 0 Å². The minimum absolute atomic E-state index is 0.174. The summed E-state index contributed by atoms with van der Waals surface area (Å²) in [5.74, 6) is 0.443. The number of aromatic nitrogens is 2. The van der Waals surface area contributed by atoms with E-state index in [1.54, 1.807) is 12.4 Å². The van der Waals surface area contributed by atoms with Crippen molar-refractivity contribution in [1.29, 1.82) is 0 Å². The van der Waals surface area contributed by atoms with Crippen LogP contribution in [0.4, 0.5) is 23.7 Å². The smallest absolute Gasteiger partial charge is 0.335 e. The van der Waals surface area contributed by atoms with Crippen LogP contribution in [0.3, 0.4) is 0 Å². The van der Waals surface area contributed by atoms with Gasteiger partial charge in [-0.25, -0.2) is 4.79 Å². The van der Waals surface area contributed by atoms with Crippen LogP contribution < -0.4 is 10.2 Å². The number of alkyl halides is 3. The Morgan fingerprint density at radius 3 is 2.68 bits per heavy atom. The molecular formula is C17H15F3N4O. The molecule has 25 heavy (non-hydrogen) atoms. The van der Waals surface area contributed by atoms with Gasteiger partial charge in [0.25, 0.3) is 0 Å². The number of halogens is 3. The lowest BCUT2D eigenvalue weighted by Crippen LogP contribution is -2.30. The zero-order chi connectivity index (χ0) is 17.6. The number of pyridine rings is 2. The Morgan fingerprint density at radius 1 is 1.16 bits per heavy atom. The molecule has 1 aliphatic heterocycles. The van der Waals surface area contributed by atoms with Crippen LogP contribution in [0.2, 0.25) is 0 Å². The summed E-state index contributed by atoms with van der Waals surface area (Å²) < 4.78 is 38.9. The molecule has 1 N–H and O–H groups in total. The Hall–Kier alpha value is -2.64. The van der Waals surface area contributed by atoms with Gasteiger partial charge < -0.3 is 5.32 Å². The molecule has 2 aliphatic rings. The summed E-state index contributed by atoms with van der Waals surface area (Å²) in [6.45, 7) is 0.327. The number of carbonyl (C=O) groups is 1. The maximum absolute atomic E-state index is 13.0. The van der Waals surface area contributed by atoms with Gasteiger partial charge in [-0.3, -0.25) is 14.9 Å². The highest BCUT2D eigenvalue weighted by Gasteiger charge is 2.39. The number of urea groups is 1. The third kappa shape index (κ3) is 2.92. The van der Waals surface area contributed by atoms with Gasteiger partial charge in [0, 0.05) is 30.8 Å². The fraction of sp³-hybridized carbons (Fsp3) is 0.353. The molecule has 1 unspecified atom stereocenters. The molecule has 0 spiro atoms. The van der Waals surface area contributed by atoms with Gasteiger partial charge in [-0.05, 0) is 48.1 Å². The van der Waals surface area contributed by atoms with E-state index < -0.39 is 17.9 Å². The number of anilines is 1. The van der Waals surface area contributed by atoms with Crippen molar-refractivity contribution >= 4 is 11.7 Å². The maximum Gasteiger partial charge on any atom is 0.433 e. The SMILES string of the molecule is O=C1NCC(c2cnccc2C2CC2)N1c1ccnc(C(F)(F)F)c1. The molecule has 1 saturated heterocycles. The van der Waals surface area contributed by atoms with Crippen LogP contribution in [0.1, 0.15) is 41.6 Å². The normalized spacial score (nSPS) is 20.7. The van der Waals surface area contributed by atoms with E-state index in [1.807, 2.05) is 6.07 Å². The number of hydrogen-bond acceptors (Lipinski definition) is 3. The first-order valence-corrected chi connectivity index (χ1v) is 7.99. The Labute approximate surface area is 141 Å². The summed E-state index contributed by atoms with van der Waals surface area (Å²) >= 11 is 0. The standard InChI is InChI=1S/C17H15F3N4O/c18-17(19,20)15-7-11(3-6-22-15)24-14(9-23-16(24)25)13-8-21-5-4-12(13)10-1-2-10/h3-8,10,14H,1-2,9H2,(H,23,25). The quantitative estimate of drug-likeness (QED) is 0.921. The molecule has 0 bridgehead atoms. The Morgan fingerprint density at radius 2 is 1.96 bits per heavy atom. The molecule has 2 amide bonds. The summed E-state index contributed by atoms with van der Waals surface area (Å²) in [5.41, 5.74) is 1.16. The summed E-state index contributed by atoms with van der Waals surface area (Å²) in [6, 6.07) is 3.45. The first-order chi connectivity index (χ1) is 11.9. The fourth-order valence-electron chi connectivity index (χ4n) is 3.23. The van der Waals surface area contributed by atoms with Gasteiger partial charge >= 0.3 is 12.2 Å². The van der Waals surface area contributed by atoms with Crippen molar-refractivity contribution in [2.24, 2.45) is 0 Å². The Bertz CT molecular complexity index is 820. The molecule has 2 aromatic rings. The highest BCUT2D eigenvalue weighted by atomic mass is 19.4. The fourth-order valence-corrected chi connectivity index (χ4v) is 3.23. The van der Waals surface area contributed by atoms with E-state index in [0.29, 0.717) is 12.5 Å². The number of amides is 2. The van der Waals surface area contributed by atoms with Crippen LogP contribution in [0.25, 0.3) is 0 Å². The summed E-state index contributed by atoms with van der Waals surface area (Å²) in [5, 5.41) is 2.72. The van der Waals surface area contributed by atoms with Crippen molar-refractivity contribution in [2.45, 2.75) is 31.0 Å². The Balaban J connectivity index is 1.74. The van der Waals surface area contributed by atoms with Crippen molar-refractivity contribution < 1.29 is 18.0 Å². The van der Waals surface area contributed by atoms with Crippen LogP contribution in [-0.4, -0.2) is 22.5 Å². The van der Waals surface area contributed by atoms with Gasteiger partial charge in [-0.15, -0.1) is 0 Å². The molecule has 3 heterocycles. The number of nitrogens with zero attached hydrogens (tertiary/aromatic N) is 3. The topological polar surface area (TPSA) is 58.1 Å². The van der Waals surface area contributed by atoms with Crippen LogP contribution in [0.15, 0.2) is 36.8 Å². The molecule has 2 aromatic heterocycles. The van der Waals surface area contributed by atoms with Crippen LogP contribution >= 0.6 is 0 Å². The molecule has 8 heteroatoms. The van der Waals surface area contributed by atoms with Gasteiger partial charge in [-0.1, -0.05) is 0 Å². The monoisotopic (exact) mass is 348 g/mol. The van der Waals surface area contributed by atoms with Gasteiger partial charge in [-0.2, -0.15) is 13.2 Å². The zero-order valence-corrected chi connectivity index (χ0v) is 13.1. The average molecular weight is 348 g/mol. The van der Waals surface area contributed by atoms with E-state index in [1.165, 1.54) is 11.0 Å². The van der Waals surface area contributed by atoms with E-state index >= 15 is 0 Å². The van der Waals surface area contributed by atoms with Crippen molar-refractivity contribution in [3.8, 4) is 0 Å². The lowest BCUT2D eigenvalue weighted by Gasteiger charge is -2.25. The molecule has 2 fully saturated rings. The summed E-state index contributed by atoms with van der Waals surface area (Å²) in [6.07, 6.45) is 2.09. The van der Waals surface area contributed by atoms with Crippen LogP contribution in [0, 0.1) is 0 Å². The molecule has 0 aromatic carbocycles. The Kier molecular flexibility index (Phi) is 3.63. The van der Waals surface area contributed by atoms with E-state index in [2.05, 4.69) is 15.3 Å². The molecule has 1 aliphatic carbocycles. The van der Waals surface area contributed by atoms with Crippen LogP contribution in [0.5, 0.6) is 0 Å². The highest BCUT2D eigenvalue weighted by Crippen LogP contribution is 2.44.